The number of amides is 1. The lowest BCUT2D eigenvalue weighted by Crippen LogP contribution is -2.13. The molecule has 156 valence electrons. The number of halogens is 4. The standard InChI is InChI=1S/C23H14Cl4N2O2/c24-17-3-1-2-14(8-17)13-31-22-7-4-18(25)10-15(22)9-16(12-28)23(30)29-19-5-6-20(26)21(27)11-19/h1-11H,13H2,(H,29,30)/b16-9+. The zero-order valence-corrected chi connectivity index (χ0v) is 18.9. The van der Waals surface area contributed by atoms with Crippen LogP contribution in [0.1, 0.15) is 11.1 Å². The topological polar surface area (TPSA) is 62.1 Å². The predicted molar refractivity (Wildman–Crippen MR) is 126 cm³/mol. The van der Waals surface area contributed by atoms with Crippen LogP contribution in [0.2, 0.25) is 20.1 Å². The average Bonchev–Trinajstić information content (AvgIpc) is 2.74. The Morgan fingerprint density at radius 1 is 0.968 bits per heavy atom. The molecule has 0 aliphatic carbocycles. The van der Waals surface area contributed by atoms with Crippen molar-refractivity contribution in [1.82, 2.24) is 0 Å². The van der Waals surface area contributed by atoms with Crippen LogP contribution < -0.4 is 10.1 Å². The largest absolute Gasteiger partial charge is 0.488 e. The van der Waals surface area contributed by atoms with E-state index in [1.807, 2.05) is 18.2 Å². The van der Waals surface area contributed by atoms with Gasteiger partial charge in [0.15, 0.2) is 0 Å². The Morgan fingerprint density at radius 3 is 2.45 bits per heavy atom. The Labute approximate surface area is 199 Å². The maximum absolute atomic E-state index is 12.6. The fourth-order valence-corrected chi connectivity index (χ4v) is 3.32. The Morgan fingerprint density at radius 2 is 1.74 bits per heavy atom. The molecule has 0 fully saturated rings. The van der Waals surface area contributed by atoms with Crippen LogP contribution in [0.5, 0.6) is 5.75 Å². The molecule has 0 aliphatic heterocycles. The highest BCUT2D eigenvalue weighted by Gasteiger charge is 2.13. The van der Waals surface area contributed by atoms with Gasteiger partial charge in [-0.1, -0.05) is 58.5 Å². The molecule has 4 nitrogen and oxygen atoms in total. The number of benzene rings is 3. The molecule has 0 atom stereocenters. The van der Waals surface area contributed by atoms with Crippen molar-refractivity contribution in [2.75, 3.05) is 5.32 Å². The number of anilines is 1. The molecule has 0 aromatic heterocycles. The molecule has 0 aliphatic rings. The van der Waals surface area contributed by atoms with E-state index in [4.69, 9.17) is 51.1 Å². The quantitative estimate of drug-likeness (QED) is 0.288. The van der Waals surface area contributed by atoms with Crippen molar-refractivity contribution in [3.8, 4) is 11.8 Å². The summed E-state index contributed by atoms with van der Waals surface area (Å²) in [6, 6.07) is 18.7. The maximum Gasteiger partial charge on any atom is 0.266 e. The summed E-state index contributed by atoms with van der Waals surface area (Å²) in [5.74, 6) is -0.152. The van der Waals surface area contributed by atoms with Gasteiger partial charge < -0.3 is 10.1 Å². The van der Waals surface area contributed by atoms with Crippen LogP contribution in [0.15, 0.2) is 66.2 Å². The van der Waals surface area contributed by atoms with Gasteiger partial charge in [0, 0.05) is 21.3 Å². The van der Waals surface area contributed by atoms with E-state index in [0.717, 1.165) is 5.56 Å². The molecule has 1 N–H and O–H groups in total. The summed E-state index contributed by atoms with van der Waals surface area (Å²) < 4.78 is 5.87. The van der Waals surface area contributed by atoms with Crippen molar-refractivity contribution < 1.29 is 9.53 Å². The monoisotopic (exact) mass is 490 g/mol. The number of hydrogen-bond acceptors (Lipinski definition) is 3. The van der Waals surface area contributed by atoms with Crippen molar-refractivity contribution in [2.24, 2.45) is 0 Å². The van der Waals surface area contributed by atoms with Gasteiger partial charge in [0.1, 0.15) is 24.0 Å². The molecule has 0 saturated heterocycles. The number of rotatable bonds is 6. The van der Waals surface area contributed by atoms with E-state index in [0.29, 0.717) is 32.1 Å². The molecular formula is C23H14Cl4N2O2. The molecule has 31 heavy (non-hydrogen) atoms. The van der Waals surface area contributed by atoms with Crippen LogP contribution in [0.4, 0.5) is 5.69 Å². The van der Waals surface area contributed by atoms with E-state index in [-0.39, 0.29) is 17.2 Å². The highest BCUT2D eigenvalue weighted by Crippen LogP contribution is 2.28. The zero-order valence-electron chi connectivity index (χ0n) is 15.8. The fourth-order valence-electron chi connectivity index (χ4n) is 2.63. The molecule has 8 heteroatoms. The van der Waals surface area contributed by atoms with E-state index >= 15 is 0 Å². The summed E-state index contributed by atoms with van der Waals surface area (Å²) in [5.41, 5.74) is 1.62. The van der Waals surface area contributed by atoms with Gasteiger partial charge in [-0.3, -0.25) is 4.79 Å². The van der Waals surface area contributed by atoms with Crippen molar-refractivity contribution in [1.29, 1.82) is 5.26 Å². The number of nitrogens with zero attached hydrogens (tertiary/aromatic N) is 1. The molecule has 0 unspecified atom stereocenters. The molecule has 0 bridgehead atoms. The summed E-state index contributed by atoms with van der Waals surface area (Å²) in [6.45, 7) is 0.250. The number of nitriles is 1. The van der Waals surface area contributed by atoms with E-state index in [1.54, 1.807) is 42.5 Å². The van der Waals surface area contributed by atoms with Crippen LogP contribution in [0.3, 0.4) is 0 Å². The van der Waals surface area contributed by atoms with Gasteiger partial charge in [-0.05, 0) is 60.2 Å². The third-order valence-corrected chi connectivity index (χ3v) is 5.31. The Hall–Kier alpha value is -2.68. The highest BCUT2D eigenvalue weighted by molar-refractivity contribution is 6.42. The van der Waals surface area contributed by atoms with Crippen LogP contribution in [0.25, 0.3) is 6.08 Å². The molecule has 3 aromatic rings. The lowest BCUT2D eigenvalue weighted by Gasteiger charge is -2.11. The normalized spacial score (nSPS) is 11.0. The molecule has 0 heterocycles. The minimum absolute atomic E-state index is 0.138. The Balaban J connectivity index is 1.83. The summed E-state index contributed by atoms with van der Waals surface area (Å²) in [5, 5.41) is 13.8. The SMILES string of the molecule is N#C/C(=C\c1cc(Cl)ccc1OCc1cccc(Cl)c1)C(=O)Nc1ccc(Cl)c(Cl)c1. The first-order chi connectivity index (χ1) is 14.9. The Bertz CT molecular complexity index is 1200. The molecule has 0 radical (unpaired) electrons. The summed E-state index contributed by atoms with van der Waals surface area (Å²) >= 11 is 24.0. The highest BCUT2D eigenvalue weighted by atomic mass is 35.5. The second-order valence-electron chi connectivity index (χ2n) is 6.35. The van der Waals surface area contributed by atoms with Gasteiger partial charge in [-0.2, -0.15) is 5.26 Å². The summed E-state index contributed by atoms with van der Waals surface area (Å²) in [4.78, 5) is 12.6. The van der Waals surface area contributed by atoms with Gasteiger partial charge >= 0.3 is 0 Å². The van der Waals surface area contributed by atoms with E-state index in [9.17, 15) is 10.1 Å². The third-order valence-electron chi connectivity index (χ3n) is 4.10. The number of nitrogens with one attached hydrogen (secondary N) is 1. The van der Waals surface area contributed by atoms with Crippen LogP contribution in [-0.4, -0.2) is 5.91 Å². The zero-order chi connectivity index (χ0) is 22.4. The Kier molecular flexibility index (Phi) is 7.84. The first-order valence-electron chi connectivity index (χ1n) is 8.90. The van der Waals surface area contributed by atoms with E-state index < -0.39 is 5.91 Å². The van der Waals surface area contributed by atoms with Gasteiger partial charge in [0.25, 0.3) is 5.91 Å². The van der Waals surface area contributed by atoms with Gasteiger partial charge in [-0.25, -0.2) is 0 Å². The molecular weight excluding hydrogens is 478 g/mol. The second kappa shape index (κ2) is 10.6. The maximum atomic E-state index is 12.6. The van der Waals surface area contributed by atoms with Crippen molar-refractivity contribution >= 4 is 64.1 Å². The average molecular weight is 492 g/mol. The fraction of sp³-hybridized carbons (Fsp3) is 0.0435. The molecule has 3 rings (SSSR count). The van der Waals surface area contributed by atoms with Crippen molar-refractivity contribution in [3.63, 3.8) is 0 Å². The lowest BCUT2D eigenvalue weighted by molar-refractivity contribution is -0.112. The van der Waals surface area contributed by atoms with Crippen LogP contribution in [-0.2, 0) is 11.4 Å². The number of hydrogen-bond donors (Lipinski definition) is 1. The van der Waals surface area contributed by atoms with Gasteiger partial charge in [0.05, 0.1) is 10.0 Å². The summed E-state index contributed by atoms with van der Waals surface area (Å²) in [6.07, 6.45) is 1.41. The van der Waals surface area contributed by atoms with Crippen LogP contribution >= 0.6 is 46.4 Å². The predicted octanol–water partition coefficient (Wildman–Crippen LogP) is 7.42. The minimum Gasteiger partial charge on any atom is -0.488 e. The lowest BCUT2D eigenvalue weighted by atomic mass is 10.1. The molecule has 0 spiro atoms. The molecule has 3 aromatic carbocycles. The first-order valence-corrected chi connectivity index (χ1v) is 10.4. The van der Waals surface area contributed by atoms with E-state index in [1.165, 1.54) is 12.1 Å². The van der Waals surface area contributed by atoms with E-state index in [2.05, 4.69) is 5.32 Å². The molecule has 1 amide bonds. The smallest absolute Gasteiger partial charge is 0.266 e. The van der Waals surface area contributed by atoms with Crippen molar-refractivity contribution in [3.05, 3.63) is 97.5 Å². The van der Waals surface area contributed by atoms with Crippen molar-refractivity contribution in [2.45, 2.75) is 6.61 Å². The number of ether oxygens (including phenoxy) is 1. The third kappa shape index (κ3) is 6.40. The van der Waals surface area contributed by atoms with Crippen LogP contribution in [0, 0.1) is 11.3 Å². The minimum atomic E-state index is -0.610. The summed E-state index contributed by atoms with van der Waals surface area (Å²) in [7, 11) is 0. The second-order valence-corrected chi connectivity index (χ2v) is 8.04. The molecule has 0 saturated carbocycles. The first kappa shape index (κ1) is 23.0. The van der Waals surface area contributed by atoms with Gasteiger partial charge in [-0.15, -0.1) is 0 Å². The number of carbonyl (C=O) groups excluding carboxylic acids is 1. The number of carbonyl (C=O) groups is 1. The van der Waals surface area contributed by atoms with Gasteiger partial charge in [0.2, 0.25) is 0 Å².